The van der Waals surface area contributed by atoms with Crippen LogP contribution in [0.4, 0.5) is 4.39 Å². The Morgan fingerprint density at radius 1 is 1.15 bits per heavy atom. The average Bonchev–Trinajstić information content (AvgIpc) is 2.42. The molecule has 0 aromatic heterocycles. The van der Waals surface area contributed by atoms with Gasteiger partial charge in [0.1, 0.15) is 5.82 Å². The zero-order chi connectivity index (χ0) is 14.5. The van der Waals surface area contributed by atoms with E-state index >= 15 is 0 Å². The van der Waals surface area contributed by atoms with Crippen molar-refractivity contribution in [1.82, 2.24) is 5.32 Å². The normalized spacial score (nSPS) is 10.5. The summed E-state index contributed by atoms with van der Waals surface area (Å²) in [5, 5.41) is 3.14. The Bertz CT molecular complexity index is 631. The maximum atomic E-state index is 13.6. The Hall–Kier alpha value is -1.72. The number of rotatable bonds is 5. The van der Waals surface area contributed by atoms with E-state index in [0.717, 1.165) is 10.0 Å². The van der Waals surface area contributed by atoms with E-state index in [1.54, 1.807) is 0 Å². The summed E-state index contributed by atoms with van der Waals surface area (Å²) >= 11 is 3.45. The average molecular weight is 337 g/mol. The molecule has 20 heavy (non-hydrogen) atoms. The molecule has 0 aliphatic heterocycles. The molecular weight excluding hydrogens is 323 g/mol. The summed E-state index contributed by atoms with van der Waals surface area (Å²) in [6.45, 7) is 0.927. The lowest BCUT2D eigenvalue weighted by Gasteiger charge is -2.08. The second-order valence-electron chi connectivity index (χ2n) is 4.37. The monoisotopic (exact) mass is 336 g/mol. The van der Waals surface area contributed by atoms with Gasteiger partial charge in [0.2, 0.25) is 5.91 Å². The first kappa shape index (κ1) is 14.7. The number of nitrogens with two attached hydrogens (primary N) is 1. The largest absolute Gasteiger partial charge is 0.366 e. The van der Waals surface area contributed by atoms with Gasteiger partial charge >= 0.3 is 0 Å². The highest BCUT2D eigenvalue weighted by atomic mass is 79.9. The molecule has 5 heteroatoms. The van der Waals surface area contributed by atoms with Crippen LogP contribution < -0.4 is 11.1 Å². The van der Waals surface area contributed by atoms with Crippen molar-refractivity contribution in [3.8, 4) is 0 Å². The predicted octanol–water partition coefficient (Wildman–Crippen LogP) is 2.98. The first-order valence-corrected chi connectivity index (χ1v) is 6.89. The van der Waals surface area contributed by atoms with Crippen LogP contribution in [0.3, 0.4) is 0 Å². The molecule has 3 nitrogen and oxygen atoms in total. The van der Waals surface area contributed by atoms with Crippen LogP contribution in [0.25, 0.3) is 0 Å². The molecule has 0 aliphatic rings. The number of carbonyl (C=O) groups excluding carboxylic acids is 1. The number of carbonyl (C=O) groups is 1. The molecule has 0 saturated heterocycles. The third-order valence-electron chi connectivity index (χ3n) is 2.92. The predicted molar refractivity (Wildman–Crippen MR) is 79.6 cm³/mol. The summed E-state index contributed by atoms with van der Waals surface area (Å²) in [4.78, 5) is 11.1. The van der Waals surface area contributed by atoms with Crippen molar-refractivity contribution >= 4 is 21.8 Å². The van der Waals surface area contributed by atoms with Crippen molar-refractivity contribution in [3.63, 3.8) is 0 Å². The molecule has 0 unspecified atom stereocenters. The van der Waals surface area contributed by atoms with Crippen LogP contribution >= 0.6 is 15.9 Å². The zero-order valence-corrected chi connectivity index (χ0v) is 12.3. The summed E-state index contributed by atoms with van der Waals surface area (Å²) < 4.78 is 14.6. The number of hydrogen-bond donors (Lipinski definition) is 2. The van der Waals surface area contributed by atoms with Gasteiger partial charge < -0.3 is 11.1 Å². The van der Waals surface area contributed by atoms with Crippen LogP contribution in [0.1, 0.15) is 21.5 Å². The molecule has 2 aromatic rings. The number of primary amides is 1. The molecule has 0 bridgehead atoms. The highest BCUT2D eigenvalue weighted by Gasteiger charge is 2.07. The summed E-state index contributed by atoms with van der Waals surface area (Å²) in [6, 6.07) is 11.9. The van der Waals surface area contributed by atoms with Crippen LogP contribution in [0, 0.1) is 5.82 Å². The molecule has 2 rings (SSSR count). The van der Waals surface area contributed by atoms with E-state index in [2.05, 4.69) is 21.2 Å². The minimum Gasteiger partial charge on any atom is -0.366 e. The number of nitrogens with one attached hydrogen (secondary N) is 1. The first-order valence-electron chi connectivity index (χ1n) is 6.10. The second kappa shape index (κ2) is 6.63. The minimum absolute atomic E-state index is 0.309. The summed E-state index contributed by atoms with van der Waals surface area (Å²) in [5.41, 5.74) is 7.00. The molecule has 0 atom stereocenters. The van der Waals surface area contributed by atoms with E-state index in [-0.39, 0.29) is 5.82 Å². The van der Waals surface area contributed by atoms with Gasteiger partial charge in [-0.3, -0.25) is 4.79 Å². The molecule has 2 aromatic carbocycles. The van der Waals surface area contributed by atoms with Crippen molar-refractivity contribution in [2.75, 3.05) is 0 Å². The number of benzene rings is 2. The van der Waals surface area contributed by atoms with Crippen LogP contribution in [0.15, 0.2) is 46.9 Å². The van der Waals surface area contributed by atoms with E-state index in [4.69, 9.17) is 5.73 Å². The van der Waals surface area contributed by atoms with Gasteiger partial charge in [-0.05, 0) is 29.8 Å². The van der Waals surface area contributed by atoms with E-state index < -0.39 is 5.91 Å². The molecule has 0 heterocycles. The van der Waals surface area contributed by atoms with Gasteiger partial charge in [-0.1, -0.05) is 34.1 Å². The maximum Gasteiger partial charge on any atom is 0.248 e. The first-order chi connectivity index (χ1) is 9.58. The fraction of sp³-hybridized carbons (Fsp3) is 0.133. The summed E-state index contributed by atoms with van der Waals surface area (Å²) in [7, 11) is 0. The molecular formula is C15H14BrFN2O. The lowest BCUT2D eigenvalue weighted by atomic mass is 10.1. The molecule has 0 aliphatic carbocycles. The van der Waals surface area contributed by atoms with Gasteiger partial charge in [-0.15, -0.1) is 0 Å². The third-order valence-corrected chi connectivity index (χ3v) is 3.69. The van der Waals surface area contributed by atoms with Crippen molar-refractivity contribution in [2.24, 2.45) is 5.73 Å². The Morgan fingerprint density at radius 2 is 1.85 bits per heavy atom. The number of hydrogen-bond acceptors (Lipinski definition) is 2. The molecule has 0 radical (unpaired) electrons. The molecule has 0 saturated carbocycles. The lowest BCUT2D eigenvalue weighted by molar-refractivity contribution is 0.1000. The van der Waals surface area contributed by atoms with Crippen LogP contribution in [-0.4, -0.2) is 5.91 Å². The lowest BCUT2D eigenvalue weighted by Crippen LogP contribution is -2.16. The third kappa shape index (κ3) is 3.65. The van der Waals surface area contributed by atoms with Gasteiger partial charge in [0.05, 0.1) is 0 Å². The summed E-state index contributed by atoms with van der Waals surface area (Å²) in [6.07, 6.45) is 0. The molecule has 104 valence electrons. The van der Waals surface area contributed by atoms with Gasteiger partial charge in [0, 0.05) is 28.7 Å². The number of halogens is 2. The number of amides is 1. The van der Waals surface area contributed by atoms with E-state index in [1.807, 2.05) is 24.3 Å². The summed E-state index contributed by atoms with van der Waals surface area (Å²) in [5.74, 6) is -0.910. The Kier molecular flexibility index (Phi) is 4.87. The van der Waals surface area contributed by atoms with Gasteiger partial charge in [-0.25, -0.2) is 4.39 Å². The quantitative estimate of drug-likeness (QED) is 0.881. The van der Waals surface area contributed by atoms with Crippen LogP contribution in [0.2, 0.25) is 0 Å². The van der Waals surface area contributed by atoms with E-state index in [0.29, 0.717) is 24.2 Å². The van der Waals surface area contributed by atoms with Crippen LogP contribution in [-0.2, 0) is 13.1 Å². The zero-order valence-electron chi connectivity index (χ0n) is 10.7. The molecule has 0 fully saturated rings. The maximum absolute atomic E-state index is 13.6. The van der Waals surface area contributed by atoms with Crippen molar-refractivity contribution in [2.45, 2.75) is 13.1 Å². The van der Waals surface area contributed by atoms with Gasteiger partial charge in [0.15, 0.2) is 0 Å². The topological polar surface area (TPSA) is 55.1 Å². The van der Waals surface area contributed by atoms with E-state index in [1.165, 1.54) is 18.2 Å². The fourth-order valence-electron chi connectivity index (χ4n) is 1.84. The van der Waals surface area contributed by atoms with E-state index in [9.17, 15) is 9.18 Å². The second-order valence-corrected chi connectivity index (χ2v) is 5.22. The highest BCUT2D eigenvalue weighted by Crippen LogP contribution is 2.16. The smallest absolute Gasteiger partial charge is 0.248 e. The minimum atomic E-state index is -0.558. The Labute approximate surface area is 125 Å². The van der Waals surface area contributed by atoms with Crippen molar-refractivity contribution in [1.29, 1.82) is 0 Å². The van der Waals surface area contributed by atoms with Crippen molar-refractivity contribution < 1.29 is 9.18 Å². The molecule has 0 spiro atoms. The van der Waals surface area contributed by atoms with Gasteiger partial charge in [0.25, 0.3) is 0 Å². The molecule has 1 amide bonds. The highest BCUT2D eigenvalue weighted by molar-refractivity contribution is 9.10. The Morgan fingerprint density at radius 3 is 2.55 bits per heavy atom. The van der Waals surface area contributed by atoms with Crippen molar-refractivity contribution in [3.05, 3.63) is 69.4 Å². The van der Waals surface area contributed by atoms with Gasteiger partial charge in [-0.2, -0.15) is 0 Å². The van der Waals surface area contributed by atoms with Crippen LogP contribution in [0.5, 0.6) is 0 Å². The Balaban J connectivity index is 2.02. The standard InChI is InChI=1S/C15H14BrFN2O/c16-13-4-2-1-3-11(13)8-19-9-12-7-10(15(18)20)5-6-14(12)17/h1-7,19H,8-9H2,(H2,18,20). The SMILES string of the molecule is NC(=O)c1ccc(F)c(CNCc2ccccc2Br)c1. The fourth-order valence-corrected chi connectivity index (χ4v) is 2.26. The molecule has 3 N–H and O–H groups in total.